The van der Waals surface area contributed by atoms with Crippen LogP contribution in [0, 0.1) is 11.3 Å². The molecule has 0 spiro atoms. The van der Waals surface area contributed by atoms with Crippen molar-refractivity contribution in [1.82, 2.24) is 20.2 Å². The van der Waals surface area contributed by atoms with Crippen LogP contribution < -0.4 is 5.32 Å². The Hall–Kier alpha value is -1.76. The van der Waals surface area contributed by atoms with Crippen LogP contribution in [-0.4, -0.2) is 84.4 Å². The molecular formula is C13H21N5O6S. The van der Waals surface area contributed by atoms with Crippen molar-refractivity contribution in [1.29, 1.82) is 5.41 Å². The molecular weight excluding hydrogens is 354 g/mol. The van der Waals surface area contributed by atoms with E-state index in [1.807, 2.05) is 11.9 Å². The van der Waals surface area contributed by atoms with E-state index in [1.165, 1.54) is 4.90 Å². The molecule has 0 saturated carbocycles. The summed E-state index contributed by atoms with van der Waals surface area (Å²) in [5.41, 5.74) is 0. The van der Waals surface area contributed by atoms with Gasteiger partial charge in [-0.05, 0) is 32.9 Å². The molecule has 3 saturated heterocycles. The van der Waals surface area contributed by atoms with Gasteiger partial charge in [0.05, 0.1) is 18.0 Å². The maximum atomic E-state index is 12.3. The van der Waals surface area contributed by atoms with Crippen molar-refractivity contribution < 1.29 is 26.8 Å². The number of urea groups is 1. The summed E-state index contributed by atoms with van der Waals surface area (Å²) < 4.78 is 34.9. The Kier molecular flexibility index (Phi) is 4.70. The van der Waals surface area contributed by atoms with Crippen molar-refractivity contribution in [2.45, 2.75) is 31.3 Å². The number of amides is 3. The van der Waals surface area contributed by atoms with Crippen molar-refractivity contribution >= 4 is 28.2 Å². The summed E-state index contributed by atoms with van der Waals surface area (Å²) in [6.07, 6.45) is 1.51. The Balaban J connectivity index is 1.63. The molecule has 0 aromatic heterocycles. The summed E-state index contributed by atoms with van der Waals surface area (Å²) in [6, 6.07) is -1.91. The van der Waals surface area contributed by atoms with E-state index in [2.05, 4.69) is 9.60 Å². The van der Waals surface area contributed by atoms with Gasteiger partial charge in [-0.2, -0.15) is 13.5 Å². The number of amidine groups is 1. The average Bonchev–Trinajstić information content (AvgIpc) is 3.05. The van der Waals surface area contributed by atoms with Gasteiger partial charge in [0.25, 0.3) is 0 Å². The van der Waals surface area contributed by atoms with Crippen molar-refractivity contribution in [3.63, 3.8) is 0 Å². The third-order valence-electron chi connectivity index (χ3n) is 4.85. The monoisotopic (exact) mass is 375 g/mol. The molecule has 3 atom stereocenters. The Labute approximate surface area is 145 Å². The van der Waals surface area contributed by atoms with E-state index in [0.717, 1.165) is 13.0 Å². The Morgan fingerprint density at radius 1 is 1.32 bits per heavy atom. The van der Waals surface area contributed by atoms with Crippen LogP contribution in [0.5, 0.6) is 0 Å². The second-order valence-electron chi connectivity index (χ2n) is 6.66. The molecule has 3 fully saturated rings. The van der Waals surface area contributed by atoms with Crippen LogP contribution >= 0.6 is 0 Å². The first-order valence-electron chi connectivity index (χ1n) is 8.00. The predicted octanol–water partition coefficient (Wildman–Crippen LogP) is -0.965. The van der Waals surface area contributed by atoms with Crippen LogP contribution in [-0.2, 0) is 19.5 Å². The highest BCUT2D eigenvalue weighted by atomic mass is 32.3. The van der Waals surface area contributed by atoms with Gasteiger partial charge in [-0.25, -0.2) is 4.79 Å². The molecule has 0 radical (unpaired) electrons. The molecule has 0 aliphatic carbocycles. The summed E-state index contributed by atoms with van der Waals surface area (Å²) in [4.78, 5) is 27.9. The Morgan fingerprint density at radius 3 is 2.64 bits per heavy atom. The summed E-state index contributed by atoms with van der Waals surface area (Å²) in [5.74, 6) is -0.510. The number of carbonyl (C=O) groups excluding carboxylic acids is 2. The zero-order valence-electron chi connectivity index (χ0n) is 13.7. The van der Waals surface area contributed by atoms with Crippen LogP contribution in [0.4, 0.5) is 4.79 Å². The first-order chi connectivity index (χ1) is 11.7. The van der Waals surface area contributed by atoms with Crippen LogP contribution in [0.25, 0.3) is 0 Å². The van der Waals surface area contributed by atoms with Crippen LogP contribution in [0.1, 0.15) is 19.3 Å². The number of carbonyl (C=O) groups is 2. The molecule has 3 aliphatic heterocycles. The molecule has 2 bridgehead atoms. The molecule has 3 aliphatic rings. The van der Waals surface area contributed by atoms with Crippen molar-refractivity contribution in [3.8, 4) is 0 Å². The molecule has 25 heavy (non-hydrogen) atoms. The molecule has 140 valence electrons. The number of piperidine rings is 1. The number of nitrogens with zero attached hydrogens (tertiary/aromatic N) is 3. The summed E-state index contributed by atoms with van der Waals surface area (Å²) in [5, 5.41) is 11.3. The number of hydrogen-bond donors (Lipinski definition) is 3. The molecule has 3 amide bonds. The van der Waals surface area contributed by atoms with Gasteiger partial charge < -0.3 is 15.1 Å². The van der Waals surface area contributed by atoms with Crippen molar-refractivity contribution in [3.05, 3.63) is 0 Å². The lowest BCUT2D eigenvalue weighted by Gasteiger charge is -2.31. The average molecular weight is 375 g/mol. The minimum atomic E-state index is -4.80. The normalized spacial score (nSPS) is 30.0. The molecule has 3 N–H and O–H groups in total. The van der Waals surface area contributed by atoms with Crippen LogP contribution in [0.2, 0.25) is 0 Å². The molecule has 0 aromatic rings. The molecule has 0 aromatic carbocycles. The van der Waals surface area contributed by atoms with Crippen LogP contribution in [0.15, 0.2) is 0 Å². The number of likely N-dealkylation sites (tertiary alicyclic amines) is 1. The van der Waals surface area contributed by atoms with Gasteiger partial charge in [0.2, 0.25) is 5.91 Å². The molecule has 11 nitrogen and oxygen atoms in total. The standard InChI is InChI=1S/C13H21N5O6S/c1-16-5-4-8(6-16)12(19)15-11(14)10-3-2-9-7-17(10)13(20)18(9)24-25(21,22)23/h8-10H,2-7H2,1H3,(H2,14,15,19)(H,21,22,23)/t8?,9-,10+/m1/s1. The van der Waals surface area contributed by atoms with Gasteiger partial charge in [-0.15, -0.1) is 4.28 Å². The summed E-state index contributed by atoms with van der Waals surface area (Å²) in [7, 11) is -2.88. The fourth-order valence-electron chi connectivity index (χ4n) is 3.60. The Morgan fingerprint density at radius 2 is 2.04 bits per heavy atom. The van der Waals surface area contributed by atoms with E-state index in [-0.39, 0.29) is 24.2 Å². The number of rotatable bonds is 4. The van der Waals surface area contributed by atoms with E-state index < -0.39 is 28.5 Å². The number of fused-ring (bicyclic) bond motifs is 2. The topological polar surface area (TPSA) is 143 Å². The van der Waals surface area contributed by atoms with Crippen molar-refractivity contribution in [2.24, 2.45) is 5.92 Å². The SMILES string of the molecule is CN1CCC(C(=O)NC(=N)[C@@H]2CC[C@@H]3CN2C(=O)N3OS(=O)(=O)O)C1. The molecule has 3 rings (SSSR count). The van der Waals surface area contributed by atoms with Gasteiger partial charge in [0.1, 0.15) is 5.84 Å². The zero-order valence-corrected chi connectivity index (χ0v) is 14.5. The van der Waals surface area contributed by atoms with Gasteiger partial charge in [0, 0.05) is 13.1 Å². The third-order valence-corrected chi connectivity index (χ3v) is 5.20. The molecule has 12 heteroatoms. The maximum absolute atomic E-state index is 12.3. The smallest absolute Gasteiger partial charge is 0.313 e. The fourth-order valence-corrected chi connectivity index (χ4v) is 3.99. The predicted molar refractivity (Wildman–Crippen MR) is 84.9 cm³/mol. The van der Waals surface area contributed by atoms with E-state index in [4.69, 9.17) is 9.96 Å². The van der Waals surface area contributed by atoms with Crippen LogP contribution in [0.3, 0.4) is 0 Å². The molecule has 1 unspecified atom stereocenters. The van der Waals surface area contributed by atoms with E-state index in [0.29, 0.717) is 24.4 Å². The summed E-state index contributed by atoms with van der Waals surface area (Å²) in [6.45, 7) is 1.62. The van der Waals surface area contributed by atoms with E-state index in [9.17, 15) is 18.0 Å². The second kappa shape index (κ2) is 6.52. The van der Waals surface area contributed by atoms with E-state index in [1.54, 1.807) is 0 Å². The quantitative estimate of drug-likeness (QED) is 0.326. The summed E-state index contributed by atoms with van der Waals surface area (Å²) >= 11 is 0. The first kappa shape index (κ1) is 18.0. The largest absolute Gasteiger partial charge is 0.418 e. The lowest BCUT2D eigenvalue weighted by atomic mass is 9.99. The fraction of sp³-hybridized carbons (Fsp3) is 0.769. The first-order valence-corrected chi connectivity index (χ1v) is 9.37. The van der Waals surface area contributed by atoms with Crippen molar-refractivity contribution in [2.75, 3.05) is 26.7 Å². The number of nitrogens with one attached hydrogen (secondary N) is 2. The maximum Gasteiger partial charge on any atom is 0.418 e. The highest BCUT2D eigenvalue weighted by molar-refractivity contribution is 7.80. The Bertz CT molecular complexity index is 697. The molecule has 3 heterocycles. The highest BCUT2D eigenvalue weighted by Crippen LogP contribution is 2.30. The lowest BCUT2D eigenvalue weighted by molar-refractivity contribution is -0.123. The van der Waals surface area contributed by atoms with Gasteiger partial charge in [-0.3, -0.25) is 14.8 Å². The van der Waals surface area contributed by atoms with Gasteiger partial charge >= 0.3 is 16.4 Å². The second-order valence-corrected chi connectivity index (χ2v) is 7.67. The highest BCUT2D eigenvalue weighted by Gasteiger charge is 2.48. The van der Waals surface area contributed by atoms with Gasteiger partial charge in [0.15, 0.2) is 0 Å². The third kappa shape index (κ3) is 3.76. The zero-order chi connectivity index (χ0) is 18.4. The minimum absolute atomic E-state index is 0.0833. The van der Waals surface area contributed by atoms with E-state index >= 15 is 0 Å². The minimum Gasteiger partial charge on any atom is -0.313 e. The number of hydrogen-bond acceptors (Lipinski definition) is 7. The number of hydroxylamine groups is 2. The lowest BCUT2D eigenvalue weighted by Crippen LogP contribution is -2.51. The van der Waals surface area contributed by atoms with Gasteiger partial charge in [-0.1, -0.05) is 0 Å².